The number of phenolic OH excluding ortho intramolecular Hbond substituents is 1. The maximum atomic E-state index is 12.3. The number of nitrogens with one attached hydrogen (secondary N) is 2. The Balaban J connectivity index is 1.55. The number of rotatable bonds is 9. The molecule has 0 aliphatic carbocycles. The fourth-order valence-corrected chi connectivity index (χ4v) is 3.62. The van der Waals surface area contributed by atoms with E-state index in [2.05, 4.69) is 12.2 Å². The number of hydrogen-bond donors (Lipinski definition) is 4. The van der Waals surface area contributed by atoms with Crippen molar-refractivity contribution in [1.29, 1.82) is 0 Å². The number of aromatic hydroxyl groups is 1. The molecule has 0 heterocycles. The van der Waals surface area contributed by atoms with Gasteiger partial charge in [-0.05, 0) is 47.6 Å². The molecule has 2 unspecified atom stereocenters. The summed E-state index contributed by atoms with van der Waals surface area (Å²) < 4.78 is 0. The van der Waals surface area contributed by atoms with E-state index in [9.17, 15) is 14.7 Å². The van der Waals surface area contributed by atoms with Crippen molar-refractivity contribution >= 4 is 11.8 Å². The molecule has 0 aliphatic rings. The molecular weight excluding hydrogens is 404 g/mol. The lowest BCUT2D eigenvalue weighted by Gasteiger charge is -2.17. The quantitative estimate of drug-likeness (QED) is 0.303. The van der Waals surface area contributed by atoms with Gasteiger partial charge in [-0.15, -0.1) is 0 Å². The van der Waals surface area contributed by atoms with Crippen LogP contribution in [-0.2, 0) is 11.2 Å². The second-order valence-electron chi connectivity index (χ2n) is 7.93. The second kappa shape index (κ2) is 11.1. The van der Waals surface area contributed by atoms with Gasteiger partial charge < -0.3 is 10.4 Å². The van der Waals surface area contributed by atoms with Gasteiger partial charge in [-0.1, -0.05) is 73.7 Å². The Hall–Kier alpha value is -3.64. The predicted molar refractivity (Wildman–Crippen MR) is 123 cm³/mol. The lowest BCUT2D eigenvalue weighted by Crippen LogP contribution is -2.28. The van der Waals surface area contributed by atoms with Gasteiger partial charge in [0.05, 0.1) is 11.5 Å². The molecule has 6 heteroatoms. The number of carbonyl (C=O) groups excluding carboxylic acids is 2. The summed E-state index contributed by atoms with van der Waals surface area (Å²) in [6.07, 6.45) is 1.70. The van der Waals surface area contributed by atoms with Crippen molar-refractivity contribution in [3.63, 3.8) is 0 Å². The first-order valence-electron chi connectivity index (χ1n) is 10.6. The highest BCUT2D eigenvalue weighted by molar-refractivity contribution is 5.96. The SMILES string of the molecule is CC(CCc1ccc(C(C(=O)NO)c2ccccc2)cc1)CNC(=O)c1ccccc1O. The molecule has 32 heavy (non-hydrogen) atoms. The van der Waals surface area contributed by atoms with Gasteiger partial charge in [0.1, 0.15) is 5.75 Å². The Kier molecular flexibility index (Phi) is 8.00. The Morgan fingerprint density at radius 3 is 2.16 bits per heavy atom. The monoisotopic (exact) mass is 432 g/mol. The van der Waals surface area contributed by atoms with Crippen molar-refractivity contribution in [2.24, 2.45) is 5.92 Å². The van der Waals surface area contributed by atoms with Crippen molar-refractivity contribution in [2.45, 2.75) is 25.7 Å². The molecule has 3 rings (SSSR count). The minimum Gasteiger partial charge on any atom is -0.507 e. The van der Waals surface area contributed by atoms with Crippen LogP contribution in [0, 0.1) is 5.92 Å². The summed E-state index contributed by atoms with van der Waals surface area (Å²) in [7, 11) is 0. The van der Waals surface area contributed by atoms with Crippen LogP contribution < -0.4 is 10.8 Å². The van der Waals surface area contributed by atoms with Crippen molar-refractivity contribution in [1.82, 2.24) is 10.8 Å². The van der Waals surface area contributed by atoms with Crippen molar-refractivity contribution in [2.75, 3.05) is 6.54 Å². The van der Waals surface area contributed by atoms with Gasteiger partial charge in [0.25, 0.3) is 11.8 Å². The molecule has 0 spiro atoms. The van der Waals surface area contributed by atoms with Crippen LogP contribution in [0.25, 0.3) is 0 Å². The number of carbonyl (C=O) groups is 2. The summed E-state index contributed by atoms with van der Waals surface area (Å²) in [5.41, 5.74) is 4.77. The van der Waals surface area contributed by atoms with E-state index in [1.54, 1.807) is 23.7 Å². The molecule has 0 aromatic heterocycles. The van der Waals surface area contributed by atoms with Crippen LogP contribution in [0.1, 0.15) is 46.3 Å². The Bertz CT molecular complexity index is 1040. The summed E-state index contributed by atoms with van der Waals surface area (Å²) in [6.45, 7) is 2.58. The van der Waals surface area contributed by atoms with Crippen molar-refractivity contribution in [3.05, 3.63) is 101 Å². The van der Waals surface area contributed by atoms with E-state index in [0.717, 1.165) is 29.5 Å². The van der Waals surface area contributed by atoms with E-state index in [1.807, 2.05) is 54.6 Å². The number of para-hydroxylation sites is 1. The molecule has 0 fully saturated rings. The first-order chi connectivity index (χ1) is 15.5. The highest BCUT2D eigenvalue weighted by atomic mass is 16.5. The summed E-state index contributed by atoms with van der Waals surface area (Å²) in [4.78, 5) is 24.5. The minimum atomic E-state index is -0.584. The molecule has 166 valence electrons. The van der Waals surface area contributed by atoms with E-state index < -0.39 is 11.8 Å². The van der Waals surface area contributed by atoms with E-state index in [1.165, 1.54) is 6.07 Å². The molecule has 0 saturated heterocycles. The van der Waals surface area contributed by atoms with Crippen LogP contribution in [0.4, 0.5) is 0 Å². The van der Waals surface area contributed by atoms with Gasteiger partial charge in [-0.3, -0.25) is 14.8 Å². The van der Waals surface area contributed by atoms with Gasteiger partial charge in [0.2, 0.25) is 0 Å². The number of phenols is 1. The van der Waals surface area contributed by atoms with E-state index in [0.29, 0.717) is 6.54 Å². The third-order valence-electron chi connectivity index (χ3n) is 5.50. The zero-order chi connectivity index (χ0) is 22.9. The van der Waals surface area contributed by atoms with E-state index >= 15 is 0 Å². The lowest BCUT2D eigenvalue weighted by molar-refractivity contribution is -0.129. The molecular formula is C26H28N2O4. The summed E-state index contributed by atoms with van der Waals surface area (Å²) in [5, 5.41) is 21.8. The largest absolute Gasteiger partial charge is 0.507 e. The highest BCUT2D eigenvalue weighted by Crippen LogP contribution is 2.25. The van der Waals surface area contributed by atoms with Gasteiger partial charge in [0, 0.05) is 6.54 Å². The molecule has 3 aromatic rings. The summed E-state index contributed by atoms with van der Waals surface area (Å²) in [5.74, 6) is -1.12. The maximum Gasteiger partial charge on any atom is 0.255 e. The van der Waals surface area contributed by atoms with Gasteiger partial charge in [-0.2, -0.15) is 0 Å². The highest BCUT2D eigenvalue weighted by Gasteiger charge is 2.22. The maximum absolute atomic E-state index is 12.3. The van der Waals surface area contributed by atoms with Crippen LogP contribution in [0.5, 0.6) is 5.75 Å². The van der Waals surface area contributed by atoms with Crippen LogP contribution in [-0.4, -0.2) is 28.7 Å². The molecule has 0 saturated carbocycles. The Morgan fingerprint density at radius 2 is 1.50 bits per heavy atom. The lowest BCUT2D eigenvalue weighted by atomic mass is 9.89. The Labute approximate surface area is 187 Å². The molecule has 2 amide bonds. The number of hydroxylamine groups is 1. The molecule has 0 bridgehead atoms. The molecule has 0 aliphatic heterocycles. The van der Waals surface area contributed by atoms with E-state index in [4.69, 9.17) is 5.21 Å². The van der Waals surface area contributed by atoms with Gasteiger partial charge in [-0.25, -0.2) is 5.48 Å². The third kappa shape index (κ3) is 5.95. The number of hydrogen-bond acceptors (Lipinski definition) is 4. The van der Waals surface area contributed by atoms with Gasteiger partial charge in [0.15, 0.2) is 0 Å². The van der Waals surface area contributed by atoms with Crippen molar-refractivity contribution in [3.8, 4) is 5.75 Å². The molecule has 3 aromatic carbocycles. The Morgan fingerprint density at radius 1 is 0.875 bits per heavy atom. The van der Waals surface area contributed by atoms with Crippen LogP contribution in [0.3, 0.4) is 0 Å². The fourth-order valence-electron chi connectivity index (χ4n) is 3.62. The molecule has 6 nitrogen and oxygen atoms in total. The van der Waals surface area contributed by atoms with Crippen LogP contribution in [0.2, 0.25) is 0 Å². The molecule has 4 N–H and O–H groups in total. The zero-order valence-electron chi connectivity index (χ0n) is 18.0. The number of benzene rings is 3. The summed E-state index contributed by atoms with van der Waals surface area (Å²) in [6, 6.07) is 23.6. The molecule has 2 atom stereocenters. The van der Waals surface area contributed by atoms with Crippen LogP contribution >= 0.6 is 0 Å². The minimum absolute atomic E-state index is 0.0265. The van der Waals surface area contributed by atoms with Crippen molar-refractivity contribution < 1.29 is 19.9 Å². The predicted octanol–water partition coefficient (Wildman–Crippen LogP) is 4.03. The average molecular weight is 433 g/mol. The topological polar surface area (TPSA) is 98.7 Å². The fraction of sp³-hybridized carbons (Fsp3) is 0.231. The third-order valence-corrected chi connectivity index (χ3v) is 5.50. The average Bonchev–Trinajstić information content (AvgIpc) is 2.83. The second-order valence-corrected chi connectivity index (χ2v) is 7.93. The van der Waals surface area contributed by atoms with Gasteiger partial charge >= 0.3 is 0 Å². The number of aryl methyl sites for hydroxylation is 1. The normalized spacial score (nSPS) is 12.6. The molecule has 0 radical (unpaired) electrons. The first kappa shape index (κ1) is 23.0. The smallest absolute Gasteiger partial charge is 0.255 e. The van der Waals surface area contributed by atoms with E-state index in [-0.39, 0.29) is 23.1 Å². The number of amides is 2. The standard InChI is InChI=1S/C26H28N2O4/c1-18(17-27-25(30)22-9-5-6-10-23(22)29)11-12-19-13-15-21(16-14-19)24(26(31)28-32)20-7-3-2-4-8-20/h2-10,13-16,18,24,29,32H,11-12,17H2,1H3,(H,27,30)(H,28,31). The first-order valence-corrected chi connectivity index (χ1v) is 10.6. The van der Waals surface area contributed by atoms with Crippen LogP contribution in [0.15, 0.2) is 78.9 Å². The zero-order valence-corrected chi connectivity index (χ0v) is 18.0. The summed E-state index contributed by atoms with van der Waals surface area (Å²) >= 11 is 0.